The van der Waals surface area contributed by atoms with Crippen LogP contribution in [0.2, 0.25) is 0 Å². The zero-order chi connectivity index (χ0) is 15.1. The fourth-order valence-electron chi connectivity index (χ4n) is 1.05. The molecule has 0 amide bonds. The van der Waals surface area contributed by atoms with Gasteiger partial charge in [-0.2, -0.15) is 9.46 Å². The van der Waals surface area contributed by atoms with Crippen LogP contribution in [0.25, 0.3) is 0 Å². The first-order chi connectivity index (χ1) is 9.40. The van der Waals surface area contributed by atoms with Crippen molar-refractivity contribution < 1.29 is 71.4 Å². The number of aromatic nitrogens is 2. The van der Waals surface area contributed by atoms with E-state index in [4.69, 9.17) is 0 Å². The molecule has 0 spiro atoms. The third-order valence-electron chi connectivity index (χ3n) is 1.99. The molecule has 0 atom stereocenters. The Morgan fingerprint density at radius 2 is 0.913 bits per heavy atom. The van der Waals surface area contributed by atoms with Crippen LogP contribution in [0.3, 0.4) is 0 Å². The molecule has 0 aliphatic carbocycles. The van der Waals surface area contributed by atoms with E-state index < -0.39 is 9.85 Å². The minimum atomic E-state index is -0.556. The van der Waals surface area contributed by atoms with Gasteiger partial charge in [0.2, 0.25) is 0 Å². The summed E-state index contributed by atoms with van der Waals surface area (Å²) in [7, 11) is 0. The number of hydrogen-bond donors (Lipinski definition) is 0. The van der Waals surface area contributed by atoms with Gasteiger partial charge in [0.1, 0.15) is 0 Å². The standard InChI is InChI=1S/2C5H4N2O3.Cd.2ClH/c2*8-6-3-1-5(2-4-6)7(9)10;;;/h2*1-4H;;2*1H/q;;+2;;/p-2. The molecule has 0 aliphatic heterocycles. The fourth-order valence-corrected chi connectivity index (χ4v) is 1.05. The third-order valence-corrected chi connectivity index (χ3v) is 1.99. The van der Waals surface area contributed by atoms with E-state index >= 15 is 0 Å². The molecule has 2 aromatic heterocycles. The molecule has 0 saturated heterocycles. The van der Waals surface area contributed by atoms with Crippen LogP contribution in [0.4, 0.5) is 11.4 Å². The van der Waals surface area contributed by atoms with Gasteiger partial charge in [-0.1, -0.05) is 0 Å². The van der Waals surface area contributed by atoms with E-state index in [0.717, 1.165) is 49.1 Å². The summed E-state index contributed by atoms with van der Waals surface area (Å²) in [6.07, 6.45) is 4.33. The van der Waals surface area contributed by atoms with Gasteiger partial charge in [-0.05, 0) is 0 Å². The molecule has 0 bridgehead atoms. The van der Waals surface area contributed by atoms with Gasteiger partial charge in [0.05, 0.1) is 34.1 Å². The molecular weight excluding hydrogens is 455 g/mol. The molecule has 0 N–H and O–H groups in total. The average molecular weight is 464 g/mol. The Morgan fingerprint density at radius 1 is 0.696 bits per heavy atom. The Balaban J connectivity index is -0.000000308. The van der Waals surface area contributed by atoms with E-state index in [0.29, 0.717) is 9.46 Å². The van der Waals surface area contributed by atoms with Crippen LogP contribution >= 0.6 is 0 Å². The molecule has 0 aliphatic rings. The van der Waals surface area contributed by atoms with Crippen LogP contribution < -0.4 is 34.3 Å². The average Bonchev–Trinajstić information content (AvgIpc) is 2.40. The maximum Gasteiger partial charge on any atom is 2.00 e. The quantitative estimate of drug-likeness (QED) is 0.143. The Kier molecular flexibility index (Phi) is 14.4. The number of halogens is 2. The summed E-state index contributed by atoms with van der Waals surface area (Å²) >= 11 is 0. The van der Waals surface area contributed by atoms with Crippen molar-refractivity contribution >= 4 is 11.4 Å². The first-order valence-electron chi connectivity index (χ1n) is 5.06. The zero-order valence-corrected chi connectivity index (χ0v) is 16.9. The molecular formula is C10H8CdCl2N4O6. The van der Waals surface area contributed by atoms with Crippen molar-refractivity contribution in [3.05, 3.63) is 79.7 Å². The van der Waals surface area contributed by atoms with Gasteiger partial charge in [-0.25, -0.2) is 0 Å². The number of nitro groups is 2. The van der Waals surface area contributed by atoms with Crippen LogP contribution in [0.15, 0.2) is 49.1 Å². The SMILES string of the molecule is O=[N+]([O-])c1cc[n+]([O-])cc1.O=[N+]([O-])c1cc[n+]([O-])cc1.[Cd+2].[Cl-].[Cl-]. The fraction of sp³-hybridized carbons (Fsp3) is 0. The Morgan fingerprint density at radius 3 is 1.09 bits per heavy atom. The van der Waals surface area contributed by atoms with Crippen molar-refractivity contribution in [1.82, 2.24) is 0 Å². The summed E-state index contributed by atoms with van der Waals surface area (Å²) < 4.78 is 0.986. The second-order valence-corrected chi connectivity index (χ2v) is 3.35. The van der Waals surface area contributed by atoms with Crippen molar-refractivity contribution in [2.75, 3.05) is 0 Å². The summed E-state index contributed by atoms with van der Waals surface area (Å²) in [5.41, 5.74) is -0.154. The Bertz CT molecular complexity index is 558. The molecule has 2 rings (SSSR count). The van der Waals surface area contributed by atoms with Crippen LogP contribution in [0.1, 0.15) is 0 Å². The van der Waals surface area contributed by atoms with Crippen molar-refractivity contribution in [3.8, 4) is 0 Å². The third kappa shape index (κ3) is 9.75. The van der Waals surface area contributed by atoms with E-state index in [2.05, 4.69) is 0 Å². The van der Waals surface area contributed by atoms with Gasteiger partial charge >= 0.3 is 27.3 Å². The summed E-state index contributed by atoms with van der Waals surface area (Å²) in [5.74, 6) is 0. The topological polar surface area (TPSA) is 140 Å². The maximum absolute atomic E-state index is 10.3. The van der Waals surface area contributed by atoms with Crippen LogP contribution in [0.5, 0.6) is 0 Å². The number of hydrogen-bond acceptors (Lipinski definition) is 6. The molecule has 0 radical (unpaired) electrons. The summed E-state index contributed by atoms with van der Waals surface area (Å²) in [4.78, 5) is 18.9. The summed E-state index contributed by atoms with van der Waals surface area (Å²) in [6.45, 7) is 0. The molecule has 23 heavy (non-hydrogen) atoms. The number of pyridine rings is 2. The van der Waals surface area contributed by atoms with E-state index in [-0.39, 0.29) is 63.5 Å². The molecule has 0 unspecified atom stereocenters. The predicted octanol–water partition coefficient (Wildman–Crippen LogP) is -5.54. The molecule has 0 aromatic carbocycles. The van der Waals surface area contributed by atoms with E-state index in [1.807, 2.05) is 0 Å². The molecule has 13 heteroatoms. The normalized spacial score (nSPS) is 8.00. The molecule has 120 valence electrons. The van der Waals surface area contributed by atoms with E-state index in [1.54, 1.807) is 0 Å². The minimum Gasteiger partial charge on any atom is -1.00 e. The monoisotopic (exact) mass is 464 g/mol. The Hall–Kier alpha value is -1.80. The van der Waals surface area contributed by atoms with Crippen molar-refractivity contribution in [1.29, 1.82) is 0 Å². The van der Waals surface area contributed by atoms with E-state index in [9.17, 15) is 30.6 Å². The smallest absolute Gasteiger partial charge is 1.00 e. The van der Waals surface area contributed by atoms with Crippen molar-refractivity contribution in [3.63, 3.8) is 0 Å². The van der Waals surface area contributed by atoms with E-state index in [1.165, 1.54) is 0 Å². The van der Waals surface area contributed by atoms with Gasteiger partial charge in [0.25, 0.3) is 11.4 Å². The largest absolute Gasteiger partial charge is 2.00 e. The van der Waals surface area contributed by atoms with Crippen LogP contribution in [-0.4, -0.2) is 9.85 Å². The number of rotatable bonds is 2. The second kappa shape index (κ2) is 12.7. The van der Waals surface area contributed by atoms with Gasteiger partial charge in [0.15, 0.2) is 24.8 Å². The summed E-state index contributed by atoms with van der Waals surface area (Å²) in [5, 5.41) is 40.7. The predicted molar refractivity (Wildman–Crippen MR) is 64.1 cm³/mol. The van der Waals surface area contributed by atoms with Crippen molar-refractivity contribution in [2.24, 2.45) is 0 Å². The Labute approximate surface area is 162 Å². The van der Waals surface area contributed by atoms with Crippen LogP contribution in [-0.2, 0) is 27.3 Å². The second-order valence-electron chi connectivity index (χ2n) is 3.35. The first-order valence-corrected chi connectivity index (χ1v) is 5.06. The van der Waals surface area contributed by atoms with Gasteiger partial charge in [-0.3, -0.25) is 20.2 Å². The number of nitrogens with zero attached hydrogens (tertiary/aromatic N) is 4. The van der Waals surface area contributed by atoms with Crippen LogP contribution in [0, 0.1) is 30.6 Å². The molecule has 0 fully saturated rings. The van der Waals surface area contributed by atoms with Gasteiger partial charge in [-0.15, -0.1) is 0 Å². The van der Waals surface area contributed by atoms with Gasteiger partial charge < -0.3 is 35.2 Å². The van der Waals surface area contributed by atoms with Crippen molar-refractivity contribution in [2.45, 2.75) is 0 Å². The zero-order valence-electron chi connectivity index (χ0n) is 11.3. The summed E-state index contributed by atoms with van der Waals surface area (Å²) in [6, 6.07) is 4.58. The van der Waals surface area contributed by atoms with Gasteiger partial charge in [0, 0.05) is 0 Å². The first kappa shape index (κ1) is 26.1. The maximum atomic E-state index is 10.3. The molecule has 10 nitrogen and oxygen atoms in total. The molecule has 2 heterocycles. The molecule has 0 saturated carbocycles. The molecule has 2 aromatic rings. The minimum absolute atomic E-state index is 0.